The number of anilines is 1. The van der Waals surface area contributed by atoms with Crippen LogP contribution in [0.2, 0.25) is 0 Å². The summed E-state index contributed by atoms with van der Waals surface area (Å²) in [4.78, 5) is 2.03. The number of hydrogen-bond acceptors (Lipinski definition) is 2. The minimum absolute atomic E-state index is 0.118. The minimum atomic E-state index is -0.118. The van der Waals surface area contributed by atoms with Crippen LogP contribution in [0.25, 0.3) is 0 Å². The number of rotatable bonds is 5. The fraction of sp³-hybridized carbons (Fsp3) is 0.571. The molecule has 0 amide bonds. The van der Waals surface area contributed by atoms with Gasteiger partial charge in [-0.15, -0.1) is 0 Å². The molecule has 1 aliphatic rings. The zero-order valence-corrected chi connectivity index (χ0v) is 10.8. The van der Waals surface area contributed by atoms with Crippen molar-refractivity contribution in [2.75, 3.05) is 25.5 Å². The standard InChI is InChI=1S/C14H21FN2/c1-10(16-2)12-6-7-14(13(15)8-12)17(3)9-11-4-5-11/h6-8,10-11,16H,4-5,9H2,1-3H3. The summed E-state index contributed by atoms with van der Waals surface area (Å²) >= 11 is 0. The molecule has 2 nitrogen and oxygen atoms in total. The van der Waals surface area contributed by atoms with Gasteiger partial charge in [-0.05, 0) is 50.4 Å². The molecule has 1 N–H and O–H groups in total. The quantitative estimate of drug-likeness (QED) is 0.845. The Balaban J connectivity index is 2.12. The van der Waals surface area contributed by atoms with Crippen molar-refractivity contribution in [2.24, 2.45) is 5.92 Å². The van der Waals surface area contributed by atoms with Crippen molar-refractivity contribution in [1.82, 2.24) is 5.32 Å². The molecule has 0 aromatic heterocycles. The molecule has 1 aromatic rings. The second-order valence-electron chi connectivity index (χ2n) is 5.05. The summed E-state index contributed by atoms with van der Waals surface area (Å²) < 4.78 is 14.0. The number of nitrogens with zero attached hydrogens (tertiary/aromatic N) is 1. The van der Waals surface area contributed by atoms with Gasteiger partial charge in [0.15, 0.2) is 0 Å². The molecule has 0 saturated heterocycles. The van der Waals surface area contributed by atoms with Gasteiger partial charge in [-0.25, -0.2) is 4.39 Å². The van der Waals surface area contributed by atoms with E-state index in [1.54, 1.807) is 6.07 Å². The highest BCUT2D eigenvalue weighted by Gasteiger charge is 2.24. The summed E-state index contributed by atoms with van der Waals surface area (Å²) in [6, 6.07) is 5.72. The van der Waals surface area contributed by atoms with Crippen LogP contribution in [0.5, 0.6) is 0 Å². The Morgan fingerprint density at radius 1 is 1.47 bits per heavy atom. The van der Waals surface area contributed by atoms with E-state index in [2.05, 4.69) is 5.32 Å². The van der Waals surface area contributed by atoms with Crippen LogP contribution in [-0.2, 0) is 0 Å². The van der Waals surface area contributed by atoms with Crippen molar-refractivity contribution < 1.29 is 4.39 Å². The maximum absolute atomic E-state index is 14.0. The van der Waals surface area contributed by atoms with E-state index in [1.807, 2.05) is 38.1 Å². The van der Waals surface area contributed by atoms with Gasteiger partial charge >= 0.3 is 0 Å². The van der Waals surface area contributed by atoms with Crippen molar-refractivity contribution in [2.45, 2.75) is 25.8 Å². The molecule has 0 bridgehead atoms. The van der Waals surface area contributed by atoms with Crippen molar-refractivity contribution in [3.8, 4) is 0 Å². The Morgan fingerprint density at radius 2 is 2.18 bits per heavy atom. The van der Waals surface area contributed by atoms with Crippen molar-refractivity contribution in [3.05, 3.63) is 29.6 Å². The molecule has 1 fully saturated rings. The zero-order valence-electron chi connectivity index (χ0n) is 10.8. The van der Waals surface area contributed by atoms with Crippen LogP contribution in [0.15, 0.2) is 18.2 Å². The van der Waals surface area contributed by atoms with E-state index in [0.717, 1.165) is 18.0 Å². The SMILES string of the molecule is CNC(C)c1ccc(N(C)CC2CC2)c(F)c1. The van der Waals surface area contributed by atoms with Crippen LogP contribution in [0.4, 0.5) is 10.1 Å². The van der Waals surface area contributed by atoms with Gasteiger partial charge in [-0.3, -0.25) is 0 Å². The van der Waals surface area contributed by atoms with Gasteiger partial charge in [0.2, 0.25) is 0 Å². The maximum atomic E-state index is 14.0. The first-order chi connectivity index (χ1) is 8.11. The van der Waals surface area contributed by atoms with Crippen LogP contribution >= 0.6 is 0 Å². The Bertz CT molecular complexity index is 388. The smallest absolute Gasteiger partial charge is 0.146 e. The third-order valence-corrected chi connectivity index (χ3v) is 3.54. The molecule has 0 radical (unpaired) electrons. The number of hydrogen-bond donors (Lipinski definition) is 1. The molecule has 1 aromatic carbocycles. The van der Waals surface area contributed by atoms with Gasteiger partial charge in [0.1, 0.15) is 5.82 Å². The molecular weight excluding hydrogens is 215 g/mol. The molecule has 1 atom stereocenters. The molecule has 1 unspecified atom stereocenters. The van der Waals surface area contributed by atoms with E-state index in [4.69, 9.17) is 0 Å². The first-order valence-electron chi connectivity index (χ1n) is 6.29. The summed E-state index contributed by atoms with van der Waals surface area (Å²) in [5, 5.41) is 3.12. The predicted molar refractivity (Wildman–Crippen MR) is 69.9 cm³/mol. The second kappa shape index (κ2) is 5.05. The molecule has 17 heavy (non-hydrogen) atoms. The van der Waals surface area contributed by atoms with Crippen molar-refractivity contribution in [3.63, 3.8) is 0 Å². The highest BCUT2D eigenvalue weighted by molar-refractivity contribution is 5.49. The summed E-state index contributed by atoms with van der Waals surface area (Å²) in [6.45, 7) is 3.00. The second-order valence-corrected chi connectivity index (χ2v) is 5.05. The lowest BCUT2D eigenvalue weighted by molar-refractivity contribution is 0.603. The van der Waals surface area contributed by atoms with Gasteiger partial charge in [0, 0.05) is 19.6 Å². The number of nitrogens with one attached hydrogen (secondary N) is 1. The Morgan fingerprint density at radius 3 is 2.71 bits per heavy atom. The lowest BCUT2D eigenvalue weighted by Crippen LogP contribution is -2.21. The summed E-state index contributed by atoms with van der Waals surface area (Å²) in [5.41, 5.74) is 1.71. The van der Waals surface area contributed by atoms with Gasteiger partial charge in [-0.1, -0.05) is 6.07 Å². The Hall–Kier alpha value is -1.09. The summed E-state index contributed by atoms with van der Waals surface area (Å²) in [7, 11) is 3.85. The average Bonchev–Trinajstić information content (AvgIpc) is 3.11. The number of benzene rings is 1. The van der Waals surface area contributed by atoms with Crippen LogP contribution in [0.1, 0.15) is 31.4 Å². The first kappa shape index (κ1) is 12.4. The van der Waals surface area contributed by atoms with Crippen molar-refractivity contribution >= 4 is 5.69 Å². The topological polar surface area (TPSA) is 15.3 Å². The van der Waals surface area contributed by atoms with E-state index < -0.39 is 0 Å². The zero-order chi connectivity index (χ0) is 12.4. The van der Waals surface area contributed by atoms with Gasteiger partial charge in [-0.2, -0.15) is 0 Å². The lowest BCUT2D eigenvalue weighted by Gasteiger charge is -2.21. The first-order valence-corrected chi connectivity index (χ1v) is 6.29. The van der Waals surface area contributed by atoms with E-state index in [0.29, 0.717) is 5.69 Å². The molecule has 0 aliphatic heterocycles. The van der Waals surface area contributed by atoms with E-state index in [9.17, 15) is 4.39 Å². The van der Waals surface area contributed by atoms with E-state index in [-0.39, 0.29) is 11.9 Å². The van der Waals surface area contributed by atoms with Crippen LogP contribution < -0.4 is 10.2 Å². The van der Waals surface area contributed by atoms with Crippen LogP contribution in [0.3, 0.4) is 0 Å². The molecule has 0 spiro atoms. The monoisotopic (exact) mass is 236 g/mol. The highest BCUT2D eigenvalue weighted by Crippen LogP contribution is 2.32. The summed E-state index contributed by atoms with van der Waals surface area (Å²) in [6.07, 6.45) is 2.58. The largest absolute Gasteiger partial charge is 0.372 e. The summed E-state index contributed by atoms with van der Waals surface area (Å²) in [5.74, 6) is 0.656. The van der Waals surface area contributed by atoms with Crippen LogP contribution in [-0.4, -0.2) is 20.6 Å². The molecule has 94 valence electrons. The molecule has 1 saturated carbocycles. The highest BCUT2D eigenvalue weighted by atomic mass is 19.1. The normalized spacial score (nSPS) is 16.9. The number of halogens is 1. The maximum Gasteiger partial charge on any atom is 0.146 e. The average molecular weight is 236 g/mol. The van der Waals surface area contributed by atoms with Gasteiger partial charge in [0.05, 0.1) is 5.69 Å². The van der Waals surface area contributed by atoms with Crippen molar-refractivity contribution in [1.29, 1.82) is 0 Å². The van der Waals surface area contributed by atoms with Gasteiger partial charge < -0.3 is 10.2 Å². The Kier molecular flexibility index (Phi) is 3.67. The lowest BCUT2D eigenvalue weighted by atomic mass is 10.1. The predicted octanol–water partition coefficient (Wildman–Crippen LogP) is 2.95. The molecule has 1 aliphatic carbocycles. The molecular formula is C14H21FN2. The van der Waals surface area contributed by atoms with Gasteiger partial charge in [0.25, 0.3) is 0 Å². The third-order valence-electron chi connectivity index (χ3n) is 3.54. The minimum Gasteiger partial charge on any atom is -0.372 e. The fourth-order valence-corrected chi connectivity index (χ4v) is 2.05. The third kappa shape index (κ3) is 2.97. The molecule has 3 heteroatoms. The van der Waals surface area contributed by atoms with E-state index in [1.165, 1.54) is 12.8 Å². The van der Waals surface area contributed by atoms with Crippen LogP contribution in [0, 0.1) is 11.7 Å². The Labute approximate surface area is 103 Å². The molecule has 2 rings (SSSR count). The molecule has 0 heterocycles. The fourth-order valence-electron chi connectivity index (χ4n) is 2.05. The van der Waals surface area contributed by atoms with E-state index >= 15 is 0 Å².